The van der Waals surface area contributed by atoms with E-state index in [0.717, 1.165) is 31.6 Å². The molecular formula is C15H21N4O3+. The standard InChI is InChI=1S/C15H20N4O3/c1-2-8-18-9-6-13(7-10-18)16-17-15(20)12-4-3-5-14(11-12)19(21)22/h3-5,11H,2,6-10H2,1H3,(H,17,20)/p+1. The number of amides is 1. The number of non-ortho nitro benzene ring substituents is 1. The van der Waals surface area contributed by atoms with Gasteiger partial charge < -0.3 is 4.90 Å². The van der Waals surface area contributed by atoms with Gasteiger partial charge in [-0.2, -0.15) is 5.10 Å². The number of piperidine rings is 1. The van der Waals surface area contributed by atoms with E-state index in [1.54, 1.807) is 4.90 Å². The molecular weight excluding hydrogens is 284 g/mol. The molecule has 1 aliphatic rings. The maximum atomic E-state index is 12.0. The Hall–Kier alpha value is -2.28. The highest BCUT2D eigenvalue weighted by atomic mass is 16.6. The summed E-state index contributed by atoms with van der Waals surface area (Å²) in [5, 5.41) is 14.9. The number of hydrazone groups is 1. The molecule has 7 heteroatoms. The van der Waals surface area contributed by atoms with Crippen molar-refractivity contribution in [3.63, 3.8) is 0 Å². The quantitative estimate of drug-likeness (QED) is 0.622. The molecule has 1 fully saturated rings. The number of carbonyl (C=O) groups excluding carboxylic acids is 1. The van der Waals surface area contributed by atoms with Crippen molar-refractivity contribution in [3.05, 3.63) is 39.9 Å². The van der Waals surface area contributed by atoms with Gasteiger partial charge in [-0.3, -0.25) is 14.9 Å². The normalized spacial score (nSPS) is 17.9. The van der Waals surface area contributed by atoms with Crippen LogP contribution in [0.1, 0.15) is 36.5 Å². The van der Waals surface area contributed by atoms with Gasteiger partial charge in [0.1, 0.15) is 0 Å². The number of hydrogen-bond acceptors (Lipinski definition) is 4. The first kappa shape index (κ1) is 16.1. The van der Waals surface area contributed by atoms with Crippen LogP contribution in [0.4, 0.5) is 5.69 Å². The maximum absolute atomic E-state index is 12.0. The van der Waals surface area contributed by atoms with Gasteiger partial charge in [0.15, 0.2) is 0 Å². The van der Waals surface area contributed by atoms with E-state index in [4.69, 9.17) is 0 Å². The summed E-state index contributed by atoms with van der Waals surface area (Å²) < 4.78 is 0. The highest BCUT2D eigenvalue weighted by Gasteiger charge is 2.18. The molecule has 0 atom stereocenters. The van der Waals surface area contributed by atoms with Gasteiger partial charge in [0.05, 0.1) is 24.6 Å². The third-order valence-electron chi connectivity index (χ3n) is 3.77. The molecule has 0 bridgehead atoms. The van der Waals surface area contributed by atoms with Crippen LogP contribution in [0.3, 0.4) is 0 Å². The van der Waals surface area contributed by atoms with Gasteiger partial charge in [0.2, 0.25) is 0 Å². The highest BCUT2D eigenvalue weighted by Crippen LogP contribution is 2.12. The van der Waals surface area contributed by atoms with Gasteiger partial charge in [-0.1, -0.05) is 13.0 Å². The lowest BCUT2D eigenvalue weighted by Gasteiger charge is -2.24. The summed E-state index contributed by atoms with van der Waals surface area (Å²) in [7, 11) is 0. The Kier molecular flexibility index (Phi) is 5.60. The Balaban J connectivity index is 1.91. The third kappa shape index (κ3) is 4.36. The average molecular weight is 305 g/mol. The van der Waals surface area contributed by atoms with Crippen LogP contribution in [0, 0.1) is 10.1 Å². The van der Waals surface area contributed by atoms with Crippen LogP contribution in [0.2, 0.25) is 0 Å². The van der Waals surface area contributed by atoms with E-state index in [2.05, 4.69) is 17.5 Å². The second-order valence-electron chi connectivity index (χ2n) is 5.43. The molecule has 0 saturated carbocycles. The second-order valence-corrected chi connectivity index (χ2v) is 5.43. The van der Waals surface area contributed by atoms with Crippen molar-refractivity contribution in [3.8, 4) is 0 Å². The van der Waals surface area contributed by atoms with Crippen molar-refractivity contribution < 1.29 is 14.6 Å². The molecule has 0 aliphatic carbocycles. The van der Waals surface area contributed by atoms with Crippen molar-refractivity contribution in [1.29, 1.82) is 0 Å². The van der Waals surface area contributed by atoms with E-state index in [0.29, 0.717) is 0 Å². The largest absolute Gasteiger partial charge is 0.334 e. The molecule has 0 aromatic heterocycles. The number of quaternary nitrogens is 1. The van der Waals surface area contributed by atoms with Crippen LogP contribution in [-0.4, -0.2) is 36.2 Å². The summed E-state index contributed by atoms with van der Waals surface area (Å²) in [5.41, 5.74) is 3.63. The molecule has 0 radical (unpaired) electrons. The molecule has 1 aliphatic heterocycles. The minimum Gasteiger partial charge on any atom is -0.334 e. The molecule has 1 aromatic rings. The van der Waals surface area contributed by atoms with E-state index < -0.39 is 10.8 Å². The molecule has 22 heavy (non-hydrogen) atoms. The van der Waals surface area contributed by atoms with Crippen molar-refractivity contribution >= 4 is 17.3 Å². The fourth-order valence-electron chi connectivity index (χ4n) is 2.56. The van der Waals surface area contributed by atoms with Crippen LogP contribution in [0.15, 0.2) is 29.4 Å². The minimum absolute atomic E-state index is 0.100. The SMILES string of the molecule is CCC[NH+]1CCC(=NNC(=O)c2cccc([N+](=O)[O-])c2)CC1. The predicted octanol–water partition coefficient (Wildman–Crippen LogP) is 0.769. The summed E-state index contributed by atoms with van der Waals surface area (Å²) >= 11 is 0. The van der Waals surface area contributed by atoms with E-state index >= 15 is 0 Å². The molecule has 0 spiro atoms. The first-order valence-corrected chi connectivity index (χ1v) is 7.54. The van der Waals surface area contributed by atoms with Crippen molar-refractivity contribution in [1.82, 2.24) is 5.43 Å². The number of likely N-dealkylation sites (tertiary alicyclic amines) is 1. The average Bonchev–Trinajstić information content (AvgIpc) is 2.54. The Bertz CT molecular complexity index is 576. The van der Waals surface area contributed by atoms with Crippen molar-refractivity contribution in [2.45, 2.75) is 26.2 Å². The van der Waals surface area contributed by atoms with Gasteiger partial charge >= 0.3 is 0 Å². The number of hydrogen-bond donors (Lipinski definition) is 2. The Morgan fingerprint density at radius 1 is 1.41 bits per heavy atom. The van der Waals surface area contributed by atoms with Crippen LogP contribution in [0.5, 0.6) is 0 Å². The summed E-state index contributed by atoms with van der Waals surface area (Å²) in [6.45, 7) is 5.43. The summed E-state index contributed by atoms with van der Waals surface area (Å²) in [5.74, 6) is -0.417. The number of nitrogens with zero attached hydrogens (tertiary/aromatic N) is 2. The minimum atomic E-state index is -0.519. The summed E-state index contributed by atoms with van der Waals surface area (Å²) in [6.07, 6.45) is 2.93. The van der Waals surface area contributed by atoms with Gasteiger partial charge in [0.25, 0.3) is 11.6 Å². The zero-order valence-electron chi connectivity index (χ0n) is 12.7. The highest BCUT2D eigenvalue weighted by molar-refractivity contribution is 5.96. The van der Waals surface area contributed by atoms with Crippen LogP contribution in [0.25, 0.3) is 0 Å². The van der Waals surface area contributed by atoms with Gasteiger partial charge in [-0.15, -0.1) is 0 Å². The zero-order chi connectivity index (χ0) is 15.9. The Morgan fingerprint density at radius 3 is 2.77 bits per heavy atom. The second kappa shape index (κ2) is 7.65. The number of nitro groups is 1. The lowest BCUT2D eigenvalue weighted by atomic mass is 10.1. The molecule has 1 heterocycles. The topological polar surface area (TPSA) is 89.0 Å². The van der Waals surface area contributed by atoms with Gasteiger partial charge in [-0.25, -0.2) is 5.43 Å². The fourth-order valence-corrected chi connectivity index (χ4v) is 2.56. The number of nitro benzene ring substituents is 1. The number of carbonyl (C=O) groups is 1. The molecule has 1 amide bonds. The Labute approximate surface area is 129 Å². The molecule has 118 valence electrons. The fraction of sp³-hybridized carbons (Fsp3) is 0.467. The van der Waals surface area contributed by atoms with Crippen molar-refractivity contribution in [2.24, 2.45) is 5.10 Å². The smallest absolute Gasteiger partial charge is 0.271 e. The third-order valence-corrected chi connectivity index (χ3v) is 3.77. The predicted molar refractivity (Wildman–Crippen MR) is 83.1 cm³/mol. The van der Waals surface area contributed by atoms with Gasteiger partial charge in [-0.05, 0) is 12.5 Å². The number of nitrogens with one attached hydrogen (secondary N) is 2. The first-order chi connectivity index (χ1) is 10.6. The van der Waals surface area contributed by atoms with Crippen LogP contribution in [-0.2, 0) is 0 Å². The molecule has 1 aromatic carbocycles. The number of benzene rings is 1. The molecule has 2 rings (SSSR count). The molecule has 2 N–H and O–H groups in total. The Morgan fingerprint density at radius 2 is 2.14 bits per heavy atom. The van der Waals surface area contributed by atoms with Gasteiger partial charge in [0, 0.05) is 36.2 Å². The van der Waals surface area contributed by atoms with Crippen molar-refractivity contribution in [2.75, 3.05) is 19.6 Å². The maximum Gasteiger partial charge on any atom is 0.271 e. The van der Waals surface area contributed by atoms with Crippen LogP contribution >= 0.6 is 0 Å². The first-order valence-electron chi connectivity index (χ1n) is 7.54. The van der Waals surface area contributed by atoms with E-state index in [1.807, 2.05) is 0 Å². The molecule has 1 saturated heterocycles. The van der Waals surface area contributed by atoms with Crippen LogP contribution < -0.4 is 10.3 Å². The summed E-state index contributed by atoms with van der Waals surface area (Å²) in [4.78, 5) is 23.7. The van der Waals surface area contributed by atoms with E-state index in [9.17, 15) is 14.9 Å². The van der Waals surface area contributed by atoms with E-state index in [1.165, 1.54) is 37.2 Å². The zero-order valence-corrected chi connectivity index (χ0v) is 12.7. The molecule has 7 nitrogen and oxygen atoms in total. The summed E-state index contributed by atoms with van der Waals surface area (Å²) in [6, 6.07) is 5.64. The lowest BCUT2D eigenvalue weighted by molar-refractivity contribution is -0.901. The lowest BCUT2D eigenvalue weighted by Crippen LogP contribution is -3.13. The molecule has 0 unspecified atom stereocenters. The number of rotatable bonds is 5. The monoisotopic (exact) mass is 305 g/mol. The van der Waals surface area contributed by atoms with E-state index in [-0.39, 0.29) is 11.3 Å².